The summed E-state index contributed by atoms with van der Waals surface area (Å²) in [4.78, 5) is 25.5. The van der Waals surface area contributed by atoms with Crippen molar-refractivity contribution in [3.63, 3.8) is 0 Å². The third-order valence-corrected chi connectivity index (χ3v) is 3.87. The monoisotopic (exact) mass is 291 g/mol. The van der Waals surface area contributed by atoms with Gasteiger partial charge < -0.3 is 16.0 Å². The van der Waals surface area contributed by atoms with Crippen molar-refractivity contribution in [1.82, 2.24) is 10.2 Å². The summed E-state index contributed by atoms with van der Waals surface area (Å²) in [6, 6.07) is 0.331. The number of nitrogens with one attached hydrogen (secondary N) is 1. The Hall–Kier alpha value is -0.810. The highest BCUT2D eigenvalue weighted by Crippen LogP contribution is 2.27. The molecule has 1 aliphatic rings. The van der Waals surface area contributed by atoms with Crippen molar-refractivity contribution in [2.45, 2.75) is 45.6 Å². The molecule has 19 heavy (non-hydrogen) atoms. The van der Waals surface area contributed by atoms with E-state index in [0.29, 0.717) is 25.4 Å². The highest BCUT2D eigenvalue weighted by atomic mass is 35.5. The standard InChI is InChI=1S/C13H25N3O2.ClH/c1-4-13(5-2,9-14)12(18)16(3)8-11(17)15-10-6-7-10;/h10H,4-9,14H2,1-3H3,(H,15,17);1H. The zero-order valence-corrected chi connectivity index (χ0v) is 12.9. The van der Waals surface area contributed by atoms with E-state index in [-0.39, 0.29) is 30.8 Å². The maximum atomic E-state index is 12.4. The van der Waals surface area contributed by atoms with Crippen molar-refractivity contribution >= 4 is 24.2 Å². The van der Waals surface area contributed by atoms with Crippen molar-refractivity contribution in [2.24, 2.45) is 11.1 Å². The Kier molecular flexibility index (Phi) is 7.37. The second-order valence-corrected chi connectivity index (χ2v) is 5.19. The van der Waals surface area contributed by atoms with Gasteiger partial charge in [0.25, 0.3) is 0 Å². The van der Waals surface area contributed by atoms with E-state index in [1.54, 1.807) is 7.05 Å². The summed E-state index contributed by atoms with van der Waals surface area (Å²) in [5.74, 6) is -0.104. The number of carbonyl (C=O) groups excluding carboxylic acids is 2. The molecule has 3 N–H and O–H groups in total. The normalized spacial score (nSPS) is 14.5. The third-order valence-electron chi connectivity index (χ3n) is 3.87. The molecule has 0 saturated heterocycles. The summed E-state index contributed by atoms with van der Waals surface area (Å²) in [6.45, 7) is 4.38. The van der Waals surface area contributed by atoms with Crippen LogP contribution >= 0.6 is 12.4 Å². The fourth-order valence-electron chi connectivity index (χ4n) is 2.12. The molecule has 1 rings (SSSR count). The Morgan fingerprint density at radius 2 is 1.84 bits per heavy atom. The smallest absolute Gasteiger partial charge is 0.239 e. The fraction of sp³-hybridized carbons (Fsp3) is 0.846. The number of likely N-dealkylation sites (N-methyl/N-ethyl adjacent to an activating group) is 1. The van der Waals surface area contributed by atoms with Crippen LogP contribution in [0.1, 0.15) is 39.5 Å². The van der Waals surface area contributed by atoms with Gasteiger partial charge in [-0.2, -0.15) is 0 Å². The van der Waals surface area contributed by atoms with E-state index in [0.717, 1.165) is 12.8 Å². The number of carbonyl (C=O) groups is 2. The van der Waals surface area contributed by atoms with Crippen LogP contribution in [-0.4, -0.2) is 42.9 Å². The van der Waals surface area contributed by atoms with E-state index < -0.39 is 5.41 Å². The van der Waals surface area contributed by atoms with E-state index >= 15 is 0 Å². The molecule has 0 aromatic heterocycles. The minimum atomic E-state index is -0.519. The maximum absolute atomic E-state index is 12.4. The van der Waals surface area contributed by atoms with Gasteiger partial charge in [0.1, 0.15) is 0 Å². The lowest BCUT2D eigenvalue weighted by Gasteiger charge is -2.33. The van der Waals surface area contributed by atoms with Crippen molar-refractivity contribution in [1.29, 1.82) is 0 Å². The number of nitrogens with two attached hydrogens (primary N) is 1. The van der Waals surface area contributed by atoms with Gasteiger partial charge >= 0.3 is 0 Å². The fourth-order valence-corrected chi connectivity index (χ4v) is 2.12. The molecule has 0 aliphatic heterocycles. The van der Waals surface area contributed by atoms with Crippen LogP contribution in [0.2, 0.25) is 0 Å². The van der Waals surface area contributed by atoms with Gasteiger partial charge in [-0.1, -0.05) is 13.8 Å². The number of hydrogen-bond donors (Lipinski definition) is 2. The summed E-state index contributed by atoms with van der Waals surface area (Å²) in [7, 11) is 1.67. The van der Waals surface area contributed by atoms with Gasteiger partial charge in [0.15, 0.2) is 0 Å². The Morgan fingerprint density at radius 1 is 1.32 bits per heavy atom. The van der Waals surface area contributed by atoms with Crippen LogP contribution in [0.25, 0.3) is 0 Å². The molecule has 1 fully saturated rings. The van der Waals surface area contributed by atoms with Crippen molar-refractivity contribution in [3.8, 4) is 0 Å². The molecule has 0 aromatic rings. The van der Waals surface area contributed by atoms with Crippen LogP contribution < -0.4 is 11.1 Å². The Morgan fingerprint density at radius 3 is 2.21 bits per heavy atom. The highest BCUT2D eigenvalue weighted by molar-refractivity contribution is 5.88. The Bertz CT molecular complexity index is 307. The van der Waals surface area contributed by atoms with Gasteiger partial charge in [-0.05, 0) is 25.7 Å². The first-order chi connectivity index (χ1) is 8.49. The van der Waals surface area contributed by atoms with Gasteiger partial charge in [0, 0.05) is 19.6 Å². The lowest BCUT2D eigenvalue weighted by molar-refractivity contribution is -0.143. The van der Waals surface area contributed by atoms with E-state index in [4.69, 9.17) is 5.73 Å². The van der Waals surface area contributed by atoms with Crippen molar-refractivity contribution in [2.75, 3.05) is 20.1 Å². The summed E-state index contributed by atoms with van der Waals surface area (Å²) in [5.41, 5.74) is 5.22. The third kappa shape index (κ3) is 4.66. The molecule has 0 aromatic carbocycles. The summed E-state index contributed by atoms with van der Waals surface area (Å²) < 4.78 is 0. The summed E-state index contributed by atoms with van der Waals surface area (Å²) >= 11 is 0. The SMILES string of the molecule is CCC(CC)(CN)C(=O)N(C)CC(=O)NC1CC1.Cl. The molecule has 0 spiro atoms. The quantitative estimate of drug-likeness (QED) is 0.732. The van der Waals surface area contributed by atoms with Crippen LogP contribution in [0, 0.1) is 5.41 Å². The zero-order chi connectivity index (χ0) is 13.8. The van der Waals surface area contributed by atoms with Gasteiger partial charge in [-0.15, -0.1) is 12.4 Å². The molecule has 2 amide bonds. The zero-order valence-electron chi connectivity index (χ0n) is 12.1. The van der Waals surface area contributed by atoms with Crippen LogP contribution in [0.4, 0.5) is 0 Å². The lowest BCUT2D eigenvalue weighted by atomic mass is 9.81. The molecule has 1 aliphatic carbocycles. The number of nitrogens with zero attached hydrogens (tertiary/aromatic N) is 1. The first-order valence-electron chi connectivity index (χ1n) is 6.74. The molecule has 0 bridgehead atoms. The molecule has 0 radical (unpaired) electrons. The molecular formula is C13H26ClN3O2. The van der Waals surface area contributed by atoms with E-state index in [1.807, 2.05) is 13.8 Å². The Labute approximate surface area is 121 Å². The molecular weight excluding hydrogens is 266 g/mol. The van der Waals surface area contributed by atoms with Gasteiger partial charge in [0.2, 0.25) is 11.8 Å². The van der Waals surface area contributed by atoms with E-state index in [9.17, 15) is 9.59 Å². The Balaban J connectivity index is 0.00000324. The number of amides is 2. The molecule has 0 heterocycles. The summed E-state index contributed by atoms with van der Waals surface area (Å²) in [6.07, 6.45) is 3.51. The van der Waals surface area contributed by atoms with Gasteiger partial charge in [0.05, 0.1) is 12.0 Å². The molecule has 6 heteroatoms. The number of halogens is 1. The first-order valence-corrected chi connectivity index (χ1v) is 6.74. The van der Waals surface area contributed by atoms with Gasteiger partial charge in [-0.3, -0.25) is 9.59 Å². The predicted molar refractivity (Wildman–Crippen MR) is 78.1 cm³/mol. The first kappa shape index (κ1) is 18.2. The lowest BCUT2D eigenvalue weighted by Crippen LogP contribution is -2.49. The van der Waals surface area contributed by atoms with Crippen molar-refractivity contribution < 1.29 is 9.59 Å². The predicted octanol–water partition coefficient (Wildman–Crippen LogP) is 0.910. The highest BCUT2D eigenvalue weighted by Gasteiger charge is 2.36. The molecule has 1 saturated carbocycles. The van der Waals surface area contributed by atoms with Crippen LogP contribution in [-0.2, 0) is 9.59 Å². The average Bonchev–Trinajstić information content (AvgIpc) is 3.15. The van der Waals surface area contributed by atoms with Crippen LogP contribution in [0.15, 0.2) is 0 Å². The minimum absolute atomic E-state index is 0. The number of hydrogen-bond acceptors (Lipinski definition) is 3. The van der Waals surface area contributed by atoms with Crippen molar-refractivity contribution in [3.05, 3.63) is 0 Å². The largest absolute Gasteiger partial charge is 0.352 e. The van der Waals surface area contributed by atoms with Crippen LogP contribution in [0.3, 0.4) is 0 Å². The summed E-state index contributed by atoms with van der Waals surface area (Å²) in [5, 5.41) is 2.88. The molecule has 112 valence electrons. The molecule has 5 nitrogen and oxygen atoms in total. The second kappa shape index (κ2) is 7.70. The van der Waals surface area contributed by atoms with Gasteiger partial charge in [-0.25, -0.2) is 0 Å². The topological polar surface area (TPSA) is 75.4 Å². The second-order valence-electron chi connectivity index (χ2n) is 5.19. The molecule has 0 atom stereocenters. The van der Waals surface area contributed by atoms with Crippen LogP contribution in [0.5, 0.6) is 0 Å². The average molecular weight is 292 g/mol. The minimum Gasteiger partial charge on any atom is -0.352 e. The van der Waals surface area contributed by atoms with E-state index in [1.165, 1.54) is 4.90 Å². The van der Waals surface area contributed by atoms with E-state index in [2.05, 4.69) is 5.32 Å². The molecule has 0 unspecified atom stereocenters. The number of rotatable bonds is 7. The maximum Gasteiger partial charge on any atom is 0.239 e.